The molecule has 0 fully saturated rings. The summed E-state index contributed by atoms with van der Waals surface area (Å²) in [6.07, 6.45) is 2.63. The Bertz CT molecular complexity index is 729. The monoisotopic (exact) mass is 316 g/mol. The van der Waals surface area contributed by atoms with Crippen LogP contribution >= 0.6 is 0 Å². The van der Waals surface area contributed by atoms with Gasteiger partial charge in [-0.05, 0) is 38.2 Å². The van der Waals surface area contributed by atoms with E-state index in [1.165, 1.54) is 6.92 Å². The number of fused-ring (bicyclic) bond motifs is 1. The molecular formula is C18H24N2O3. The highest BCUT2D eigenvalue weighted by atomic mass is 16.5. The summed E-state index contributed by atoms with van der Waals surface area (Å²) in [5.74, 6) is -0.00889. The van der Waals surface area contributed by atoms with Crippen molar-refractivity contribution in [1.29, 1.82) is 0 Å². The maximum absolute atomic E-state index is 12.0. The lowest BCUT2D eigenvalue weighted by atomic mass is 10.1. The number of benzene rings is 1. The average molecular weight is 316 g/mol. The van der Waals surface area contributed by atoms with Crippen molar-refractivity contribution >= 4 is 22.8 Å². The Morgan fingerprint density at radius 1 is 1.26 bits per heavy atom. The van der Waals surface area contributed by atoms with Crippen LogP contribution < -0.4 is 4.74 Å². The summed E-state index contributed by atoms with van der Waals surface area (Å²) in [6.45, 7) is 5.98. The van der Waals surface area contributed by atoms with Gasteiger partial charge in [-0.25, -0.2) is 0 Å². The quantitative estimate of drug-likeness (QED) is 0.628. The molecule has 0 spiro atoms. The summed E-state index contributed by atoms with van der Waals surface area (Å²) in [7, 11) is 4.01. The molecular weight excluding hydrogens is 292 g/mol. The minimum absolute atomic E-state index is 0.0570. The fraction of sp³-hybridized carbons (Fsp3) is 0.444. The highest BCUT2D eigenvalue weighted by Crippen LogP contribution is 2.31. The molecule has 1 aromatic carbocycles. The molecule has 0 N–H and O–H groups in total. The van der Waals surface area contributed by atoms with Crippen LogP contribution in [0.1, 0.15) is 31.1 Å². The van der Waals surface area contributed by atoms with Crippen molar-refractivity contribution < 1.29 is 14.3 Å². The number of ether oxygens (including phenoxy) is 1. The summed E-state index contributed by atoms with van der Waals surface area (Å²) in [5.41, 5.74) is 1.79. The second kappa shape index (κ2) is 6.96. The van der Waals surface area contributed by atoms with Gasteiger partial charge in [0.1, 0.15) is 5.75 Å². The van der Waals surface area contributed by atoms with Gasteiger partial charge in [-0.3, -0.25) is 14.2 Å². The van der Waals surface area contributed by atoms with Gasteiger partial charge in [-0.1, -0.05) is 19.9 Å². The minimum Gasteiger partial charge on any atom is -0.426 e. The van der Waals surface area contributed by atoms with Gasteiger partial charge in [0.15, 0.2) is 0 Å². The molecule has 0 aliphatic rings. The maximum Gasteiger partial charge on any atom is 0.313 e. The highest BCUT2D eigenvalue weighted by molar-refractivity contribution is 5.98. The first-order valence-corrected chi connectivity index (χ1v) is 7.81. The zero-order valence-corrected chi connectivity index (χ0v) is 14.4. The van der Waals surface area contributed by atoms with Crippen molar-refractivity contribution in [3.8, 4) is 5.75 Å². The molecule has 0 saturated heterocycles. The van der Waals surface area contributed by atoms with E-state index in [9.17, 15) is 9.59 Å². The Labute approximate surface area is 136 Å². The summed E-state index contributed by atoms with van der Waals surface area (Å²) in [6, 6.07) is 5.47. The first kappa shape index (κ1) is 17.2. The second-order valence-electron chi connectivity index (χ2n) is 6.32. The van der Waals surface area contributed by atoms with Gasteiger partial charge in [0.25, 0.3) is 0 Å². The average Bonchev–Trinajstić information content (AvgIpc) is 2.85. The molecule has 1 heterocycles. The number of likely N-dealkylation sites (N-methyl/N-ethyl adjacent to an activating group) is 1. The molecule has 1 aromatic heterocycles. The van der Waals surface area contributed by atoms with Crippen molar-refractivity contribution in [3.63, 3.8) is 0 Å². The van der Waals surface area contributed by atoms with Crippen LogP contribution in [0, 0.1) is 5.92 Å². The lowest BCUT2D eigenvalue weighted by molar-refractivity contribution is -0.137. The molecule has 0 aliphatic carbocycles. The lowest BCUT2D eigenvalue weighted by Crippen LogP contribution is -2.16. The maximum atomic E-state index is 12.0. The zero-order chi connectivity index (χ0) is 17.1. The summed E-state index contributed by atoms with van der Waals surface area (Å²) < 4.78 is 7.17. The fourth-order valence-electron chi connectivity index (χ4n) is 2.44. The van der Waals surface area contributed by atoms with Crippen LogP contribution in [0.15, 0.2) is 24.4 Å². The topological polar surface area (TPSA) is 51.5 Å². The van der Waals surface area contributed by atoms with Gasteiger partial charge in [0.05, 0.1) is 11.4 Å². The molecule has 0 radical (unpaired) electrons. The van der Waals surface area contributed by atoms with Crippen molar-refractivity contribution in [2.45, 2.75) is 27.2 Å². The number of rotatable bonds is 5. The van der Waals surface area contributed by atoms with Crippen molar-refractivity contribution in [2.75, 3.05) is 20.6 Å². The van der Waals surface area contributed by atoms with E-state index in [4.69, 9.17) is 4.74 Å². The van der Waals surface area contributed by atoms with Crippen LogP contribution in [0.5, 0.6) is 5.75 Å². The SMILES string of the molecule is CC(=O)n1cc(CCN(C)C)c2c(OC(=O)C(C)C)cccc21. The molecule has 0 unspecified atom stereocenters. The van der Waals surface area contributed by atoms with Gasteiger partial charge in [-0.15, -0.1) is 0 Å². The molecule has 5 nitrogen and oxygen atoms in total. The largest absolute Gasteiger partial charge is 0.426 e. The number of carbonyl (C=O) groups is 2. The number of hydrogen-bond donors (Lipinski definition) is 0. The van der Waals surface area contributed by atoms with Gasteiger partial charge in [0.2, 0.25) is 5.91 Å². The van der Waals surface area contributed by atoms with E-state index in [0.29, 0.717) is 5.75 Å². The highest BCUT2D eigenvalue weighted by Gasteiger charge is 2.18. The summed E-state index contributed by atoms with van der Waals surface area (Å²) >= 11 is 0. The lowest BCUT2D eigenvalue weighted by Gasteiger charge is -2.11. The molecule has 0 aliphatic heterocycles. The molecule has 124 valence electrons. The van der Waals surface area contributed by atoms with Crippen LogP contribution in [0.25, 0.3) is 10.9 Å². The predicted octanol–water partition coefficient (Wildman–Crippen LogP) is 2.97. The Kier molecular flexibility index (Phi) is 5.21. The second-order valence-corrected chi connectivity index (χ2v) is 6.32. The van der Waals surface area contributed by atoms with E-state index >= 15 is 0 Å². The zero-order valence-electron chi connectivity index (χ0n) is 14.4. The molecule has 0 amide bonds. The Hall–Kier alpha value is -2.14. The van der Waals surface area contributed by atoms with E-state index in [2.05, 4.69) is 4.90 Å². The standard InChI is InChI=1S/C18H24N2O3/c1-12(2)18(22)23-16-8-6-7-15-17(16)14(9-10-19(4)5)11-20(15)13(3)21/h6-8,11-12H,9-10H2,1-5H3. The number of esters is 1. The van der Waals surface area contributed by atoms with Crippen LogP contribution in [0.4, 0.5) is 0 Å². The molecule has 0 atom stereocenters. The van der Waals surface area contributed by atoms with Crippen molar-refractivity contribution in [2.24, 2.45) is 5.92 Å². The number of hydrogen-bond acceptors (Lipinski definition) is 4. The van der Waals surface area contributed by atoms with E-state index in [0.717, 1.165) is 29.4 Å². The number of carbonyl (C=O) groups excluding carboxylic acids is 2. The third-order valence-corrected chi connectivity index (χ3v) is 3.72. The van der Waals surface area contributed by atoms with Gasteiger partial charge < -0.3 is 9.64 Å². The van der Waals surface area contributed by atoms with Gasteiger partial charge in [0, 0.05) is 25.1 Å². The third kappa shape index (κ3) is 3.79. The number of nitrogens with zero attached hydrogens (tertiary/aromatic N) is 2. The fourth-order valence-corrected chi connectivity index (χ4v) is 2.44. The van der Waals surface area contributed by atoms with E-state index < -0.39 is 0 Å². The normalized spacial score (nSPS) is 11.4. The molecule has 2 aromatic rings. The molecule has 2 rings (SSSR count). The third-order valence-electron chi connectivity index (χ3n) is 3.72. The van der Waals surface area contributed by atoms with Crippen LogP contribution in [0.2, 0.25) is 0 Å². The Balaban J connectivity index is 2.54. The van der Waals surface area contributed by atoms with Gasteiger partial charge in [-0.2, -0.15) is 0 Å². The number of aromatic nitrogens is 1. The predicted molar refractivity (Wildman–Crippen MR) is 91.0 cm³/mol. The molecule has 0 saturated carbocycles. The first-order chi connectivity index (χ1) is 10.8. The summed E-state index contributed by atoms with van der Waals surface area (Å²) in [5, 5.41) is 0.846. The van der Waals surface area contributed by atoms with Crippen LogP contribution in [-0.2, 0) is 11.2 Å². The van der Waals surface area contributed by atoms with E-state index in [1.54, 1.807) is 30.5 Å². The van der Waals surface area contributed by atoms with Crippen molar-refractivity contribution in [1.82, 2.24) is 9.47 Å². The molecule has 5 heteroatoms. The molecule has 0 bridgehead atoms. The minimum atomic E-state index is -0.272. The first-order valence-electron chi connectivity index (χ1n) is 7.81. The van der Waals surface area contributed by atoms with E-state index in [-0.39, 0.29) is 17.8 Å². The van der Waals surface area contributed by atoms with Crippen molar-refractivity contribution in [3.05, 3.63) is 30.0 Å². The van der Waals surface area contributed by atoms with Crippen LogP contribution in [-0.4, -0.2) is 42.0 Å². The van der Waals surface area contributed by atoms with Gasteiger partial charge >= 0.3 is 5.97 Å². The Morgan fingerprint density at radius 3 is 2.52 bits per heavy atom. The van der Waals surface area contributed by atoms with E-state index in [1.807, 2.05) is 26.4 Å². The van der Waals surface area contributed by atoms with Crippen LogP contribution in [0.3, 0.4) is 0 Å². The summed E-state index contributed by atoms with van der Waals surface area (Å²) in [4.78, 5) is 26.0. The smallest absolute Gasteiger partial charge is 0.313 e. The molecule has 23 heavy (non-hydrogen) atoms. The Morgan fingerprint density at radius 2 is 1.96 bits per heavy atom.